The van der Waals surface area contributed by atoms with Gasteiger partial charge in [0.15, 0.2) is 0 Å². The normalized spacial score (nSPS) is 9.71. The van der Waals surface area contributed by atoms with Crippen LogP contribution in [0.5, 0.6) is 0 Å². The molecule has 0 bridgehead atoms. The van der Waals surface area contributed by atoms with E-state index in [9.17, 15) is 10.1 Å². The number of rotatable bonds is 5. The molecule has 0 aromatic heterocycles. The van der Waals surface area contributed by atoms with Gasteiger partial charge in [0.25, 0.3) is 5.69 Å². The van der Waals surface area contributed by atoms with Crippen LogP contribution in [0.15, 0.2) is 18.2 Å². The molecule has 0 heterocycles. The van der Waals surface area contributed by atoms with E-state index in [1.54, 1.807) is 4.90 Å². The largest absolute Gasteiger partial charge is 0.365 e. The fourth-order valence-corrected chi connectivity index (χ4v) is 1.61. The third kappa shape index (κ3) is 2.92. The van der Waals surface area contributed by atoms with E-state index < -0.39 is 4.92 Å². The first kappa shape index (κ1) is 12.9. The summed E-state index contributed by atoms with van der Waals surface area (Å²) in [6, 6.07) is 6.30. The smallest absolute Gasteiger partial charge is 0.292 e. The molecule has 0 saturated heterocycles. The van der Waals surface area contributed by atoms with Crippen LogP contribution in [0.25, 0.3) is 0 Å². The fourth-order valence-electron chi connectivity index (χ4n) is 1.61. The van der Waals surface area contributed by atoms with Gasteiger partial charge in [-0.15, -0.1) is 0 Å². The van der Waals surface area contributed by atoms with E-state index in [1.807, 2.05) is 13.0 Å². The molecule has 0 amide bonds. The Kier molecular flexibility index (Phi) is 4.43. The van der Waals surface area contributed by atoms with Crippen LogP contribution in [0.2, 0.25) is 0 Å². The van der Waals surface area contributed by atoms with E-state index in [4.69, 9.17) is 11.0 Å². The molecule has 0 saturated carbocycles. The minimum absolute atomic E-state index is 0.000648. The highest BCUT2D eigenvalue weighted by Crippen LogP contribution is 2.28. The maximum atomic E-state index is 10.9. The maximum Gasteiger partial charge on any atom is 0.292 e. The van der Waals surface area contributed by atoms with Crippen LogP contribution >= 0.6 is 0 Å². The molecule has 1 aromatic rings. The summed E-state index contributed by atoms with van der Waals surface area (Å²) in [5, 5.41) is 19.7. The molecule has 0 fully saturated rings. The molecule has 0 aliphatic carbocycles. The molecule has 0 aliphatic heterocycles. The van der Waals surface area contributed by atoms with Gasteiger partial charge < -0.3 is 10.6 Å². The summed E-state index contributed by atoms with van der Waals surface area (Å²) in [6.07, 6.45) is 0. The third-order valence-corrected chi connectivity index (χ3v) is 2.42. The van der Waals surface area contributed by atoms with Crippen LogP contribution in [0.4, 0.5) is 11.4 Å². The Morgan fingerprint density at radius 1 is 1.59 bits per heavy atom. The second-order valence-electron chi connectivity index (χ2n) is 3.44. The number of nitro groups is 1. The van der Waals surface area contributed by atoms with Crippen molar-refractivity contribution in [2.45, 2.75) is 6.92 Å². The zero-order valence-electron chi connectivity index (χ0n) is 9.59. The van der Waals surface area contributed by atoms with Crippen LogP contribution in [-0.2, 0) is 0 Å². The Morgan fingerprint density at radius 2 is 2.29 bits per heavy atom. The van der Waals surface area contributed by atoms with Crippen molar-refractivity contribution >= 4 is 11.4 Å². The van der Waals surface area contributed by atoms with Crippen molar-refractivity contribution in [2.75, 3.05) is 24.5 Å². The molecule has 0 aliphatic rings. The summed E-state index contributed by atoms with van der Waals surface area (Å²) < 4.78 is 0. The quantitative estimate of drug-likeness (QED) is 0.611. The van der Waals surface area contributed by atoms with Gasteiger partial charge in [-0.1, -0.05) is 0 Å². The van der Waals surface area contributed by atoms with Crippen LogP contribution in [0.1, 0.15) is 12.5 Å². The average Bonchev–Trinajstić information content (AvgIpc) is 2.35. The second-order valence-corrected chi connectivity index (χ2v) is 3.44. The van der Waals surface area contributed by atoms with Gasteiger partial charge in [-0.25, -0.2) is 0 Å². The van der Waals surface area contributed by atoms with Gasteiger partial charge in [-0.2, -0.15) is 5.26 Å². The summed E-state index contributed by atoms with van der Waals surface area (Å²) in [5.74, 6) is 0. The van der Waals surface area contributed by atoms with E-state index >= 15 is 0 Å². The standard InChI is InChI=1S/C11H14N4O2/c1-2-14(6-5-12)11-7-9(8-13)3-4-10(11)15(16)17/h3-4,7H,2,5-6,12H2,1H3. The lowest BCUT2D eigenvalue weighted by Crippen LogP contribution is -2.29. The second kappa shape index (κ2) is 5.82. The number of hydrogen-bond acceptors (Lipinski definition) is 5. The van der Waals surface area contributed by atoms with Crippen LogP contribution < -0.4 is 10.6 Å². The van der Waals surface area contributed by atoms with Crippen molar-refractivity contribution in [3.63, 3.8) is 0 Å². The van der Waals surface area contributed by atoms with E-state index in [0.717, 1.165) is 0 Å². The van der Waals surface area contributed by atoms with Crippen molar-refractivity contribution in [2.24, 2.45) is 5.73 Å². The van der Waals surface area contributed by atoms with Crippen LogP contribution in [0, 0.1) is 21.4 Å². The van der Waals surface area contributed by atoms with E-state index in [0.29, 0.717) is 30.9 Å². The number of nitriles is 1. The van der Waals surface area contributed by atoms with E-state index in [-0.39, 0.29) is 5.69 Å². The summed E-state index contributed by atoms with van der Waals surface area (Å²) in [4.78, 5) is 12.3. The van der Waals surface area contributed by atoms with Crippen molar-refractivity contribution in [1.82, 2.24) is 0 Å². The molecule has 0 radical (unpaired) electrons. The Hall–Kier alpha value is -2.13. The molecular weight excluding hydrogens is 220 g/mol. The van der Waals surface area contributed by atoms with Crippen molar-refractivity contribution in [1.29, 1.82) is 5.26 Å². The molecule has 6 nitrogen and oxygen atoms in total. The Morgan fingerprint density at radius 3 is 2.76 bits per heavy atom. The summed E-state index contributed by atoms with van der Waals surface area (Å²) >= 11 is 0. The van der Waals surface area contributed by atoms with Crippen LogP contribution in [0.3, 0.4) is 0 Å². The third-order valence-electron chi connectivity index (χ3n) is 2.42. The number of nitrogens with two attached hydrogens (primary N) is 1. The average molecular weight is 234 g/mol. The lowest BCUT2D eigenvalue weighted by molar-refractivity contribution is -0.384. The van der Waals surface area contributed by atoms with Crippen molar-refractivity contribution < 1.29 is 4.92 Å². The molecule has 0 spiro atoms. The molecular formula is C11H14N4O2. The number of likely N-dealkylation sites (N-methyl/N-ethyl adjacent to an activating group) is 1. The monoisotopic (exact) mass is 234 g/mol. The topological polar surface area (TPSA) is 96.2 Å². The van der Waals surface area contributed by atoms with Gasteiger partial charge >= 0.3 is 0 Å². The van der Waals surface area contributed by atoms with E-state index in [1.165, 1.54) is 18.2 Å². The number of hydrogen-bond donors (Lipinski definition) is 1. The Labute approximate surface area is 99.4 Å². The van der Waals surface area contributed by atoms with Gasteiger partial charge in [-0.3, -0.25) is 10.1 Å². The fraction of sp³-hybridized carbons (Fsp3) is 0.364. The number of nitro benzene ring substituents is 1. The summed E-state index contributed by atoms with van der Waals surface area (Å²) in [6.45, 7) is 3.42. The SMILES string of the molecule is CCN(CCN)c1cc(C#N)ccc1[N+](=O)[O-]. The first-order chi connectivity index (χ1) is 8.13. The molecule has 2 N–H and O–H groups in total. The predicted molar refractivity (Wildman–Crippen MR) is 64.8 cm³/mol. The summed E-state index contributed by atoms with van der Waals surface area (Å²) in [5.41, 5.74) is 6.31. The number of benzene rings is 1. The molecule has 1 rings (SSSR count). The van der Waals surface area contributed by atoms with Gasteiger partial charge in [0.05, 0.1) is 16.6 Å². The van der Waals surface area contributed by atoms with Gasteiger partial charge in [0.2, 0.25) is 0 Å². The lowest BCUT2D eigenvalue weighted by Gasteiger charge is -2.21. The number of anilines is 1. The van der Waals surface area contributed by atoms with E-state index in [2.05, 4.69) is 0 Å². The predicted octanol–water partition coefficient (Wildman–Crippen LogP) is 1.25. The molecule has 0 atom stereocenters. The van der Waals surface area contributed by atoms with Crippen LogP contribution in [-0.4, -0.2) is 24.6 Å². The summed E-state index contributed by atoms with van der Waals surface area (Å²) in [7, 11) is 0. The molecule has 6 heteroatoms. The van der Waals surface area contributed by atoms with Gasteiger partial charge in [0.1, 0.15) is 5.69 Å². The van der Waals surface area contributed by atoms with Crippen molar-refractivity contribution in [3.8, 4) is 6.07 Å². The highest BCUT2D eigenvalue weighted by Gasteiger charge is 2.18. The van der Waals surface area contributed by atoms with Gasteiger partial charge in [-0.05, 0) is 19.1 Å². The minimum atomic E-state index is -0.449. The maximum absolute atomic E-state index is 10.9. The molecule has 0 unspecified atom stereocenters. The highest BCUT2D eigenvalue weighted by molar-refractivity contribution is 5.66. The van der Waals surface area contributed by atoms with Crippen molar-refractivity contribution in [3.05, 3.63) is 33.9 Å². The first-order valence-corrected chi connectivity index (χ1v) is 5.27. The molecule has 1 aromatic carbocycles. The zero-order chi connectivity index (χ0) is 12.8. The minimum Gasteiger partial charge on any atom is -0.365 e. The zero-order valence-corrected chi connectivity index (χ0v) is 9.59. The Bertz CT molecular complexity index is 453. The first-order valence-electron chi connectivity index (χ1n) is 5.27. The highest BCUT2D eigenvalue weighted by atomic mass is 16.6. The number of nitrogens with zero attached hydrogens (tertiary/aromatic N) is 3. The lowest BCUT2D eigenvalue weighted by atomic mass is 10.1. The molecule has 17 heavy (non-hydrogen) atoms. The molecule has 90 valence electrons. The Balaban J connectivity index is 3.25. The van der Waals surface area contributed by atoms with Gasteiger partial charge in [0, 0.05) is 25.7 Å².